The maximum Gasteiger partial charge on any atom is 0.324 e. The van der Waals surface area contributed by atoms with Crippen molar-refractivity contribution in [2.75, 3.05) is 0 Å². The number of carbonyl (C=O) groups is 4. The van der Waals surface area contributed by atoms with Crippen LogP contribution in [-0.4, -0.2) is 29.5 Å². The normalized spacial score (nSPS) is 11.6. The molecule has 0 aromatic heterocycles. The molecule has 66 heavy (non-hydrogen) atoms. The molecule has 0 atom stereocenters. The first-order chi connectivity index (χ1) is 32.1. The molecule has 0 aliphatic carbocycles. The van der Waals surface area contributed by atoms with E-state index in [4.69, 9.17) is 18.9 Å². The predicted molar refractivity (Wildman–Crippen MR) is 266 cm³/mol. The summed E-state index contributed by atoms with van der Waals surface area (Å²) in [4.78, 5) is 52.3. The molecule has 0 aliphatic rings. The lowest BCUT2D eigenvalue weighted by atomic mass is 9.77. The molecule has 0 saturated heterocycles. The van der Waals surface area contributed by atoms with Crippen LogP contribution in [0.25, 0.3) is 0 Å². The van der Waals surface area contributed by atoms with Crippen molar-refractivity contribution in [2.45, 2.75) is 226 Å². The highest BCUT2D eigenvalue weighted by molar-refractivity contribution is 6.00. The zero-order valence-corrected chi connectivity index (χ0v) is 41.3. The third kappa shape index (κ3) is 26.6. The van der Waals surface area contributed by atoms with Crippen LogP contribution in [0.15, 0.2) is 91.0 Å². The Balaban J connectivity index is 1.30. The molecule has 8 nitrogen and oxygen atoms in total. The second-order valence-electron chi connectivity index (χ2n) is 19.4. The Morgan fingerprint density at radius 1 is 0.348 bits per heavy atom. The quantitative estimate of drug-likeness (QED) is 0.0242. The molecule has 0 spiro atoms. The van der Waals surface area contributed by atoms with Crippen LogP contribution in [0, 0.1) is 5.41 Å². The minimum Gasteiger partial charge on any atom is -0.461 e. The lowest BCUT2D eigenvalue weighted by Gasteiger charge is -2.33. The minimum absolute atomic E-state index is 0.112. The molecular formula is C58H86O8. The summed E-state index contributed by atoms with van der Waals surface area (Å²) in [5.74, 6) is -1.12. The summed E-state index contributed by atoms with van der Waals surface area (Å²) < 4.78 is 22.7. The molecule has 0 N–H and O–H groups in total. The number of esters is 4. The molecule has 0 amide bonds. The zero-order chi connectivity index (χ0) is 47.4. The molecule has 0 fully saturated rings. The summed E-state index contributed by atoms with van der Waals surface area (Å²) in [6.45, 7) is 6.43. The van der Waals surface area contributed by atoms with Crippen LogP contribution < -0.4 is 0 Å². The maximum absolute atomic E-state index is 14.1. The Morgan fingerprint density at radius 2 is 0.621 bits per heavy atom. The lowest BCUT2D eigenvalue weighted by molar-refractivity contribution is -0.182. The number of rotatable bonds is 38. The Labute approximate surface area is 399 Å². The van der Waals surface area contributed by atoms with Gasteiger partial charge in [-0.3, -0.25) is 19.2 Å². The van der Waals surface area contributed by atoms with Crippen LogP contribution in [-0.2, 0) is 57.9 Å². The number of carbonyl (C=O) groups excluding carboxylic acids is 4. The standard InChI is InChI=1S/C58H86O8/c1-57(2,3)66-56(62)58(55(61)65-49-52-41-31-26-32-42-52,45-35-22-18-14-10-6-4-8-12-16-20-33-43-53(59)63-47-50-37-27-24-28-38-50)46-36-23-19-15-11-7-5-9-13-17-21-34-44-54(60)64-48-51-39-29-25-30-40-51/h24-32,37-42H,4-23,33-36,43-49H2,1-3H3. The van der Waals surface area contributed by atoms with Gasteiger partial charge in [-0.2, -0.15) is 0 Å². The number of unbranched alkanes of at least 4 members (excludes halogenated alkanes) is 22. The van der Waals surface area contributed by atoms with Gasteiger partial charge >= 0.3 is 23.9 Å². The van der Waals surface area contributed by atoms with E-state index in [1.807, 2.05) is 112 Å². The van der Waals surface area contributed by atoms with Crippen LogP contribution >= 0.6 is 0 Å². The number of ether oxygens (including phenoxy) is 4. The van der Waals surface area contributed by atoms with Crippen LogP contribution in [0.5, 0.6) is 0 Å². The Hall–Kier alpha value is -4.46. The molecule has 0 saturated carbocycles. The monoisotopic (exact) mass is 911 g/mol. The first-order valence-electron chi connectivity index (χ1n) is 25.9. The molecule has 0 radical (unpaired) electrons. The van der Waals surface area contributed by atoms with Gasteiger partial charge in [-0.25, -0.2) is 0 Å². The van der Waals surface area contributed by atoms with E-state index in [1.54, 1.807) is 0 Å². The average molecular weight is 911 g/mol. The topological polar surface area (TPSA) is 105 Å². The predicted octanol–water partition coefficient (Wildman–Crippen LogP) is 15.5. The molecule has 8 heteroatoms. The van der Waals surface area contributed by atoms with Gasteiger partial charge in [0.05, 0.1) is 0 Å². The summed E-state index contributed by atoms with van der Waals surface area (Å²) in [6.07, 6.45) is 28.1. The molecule has 3 aromatic rings. The van der Waals surface area contributed by atoms with E-state index in [2.05, 4.69) is 0 Å². The van der Waals surface area contributed by atoms with Crippen molar-refractivity contribution in [1.82, 2.24) is 0 Å². The van der Waals surface area contributed by atoms with E-state index < -0.39 is 23.0 Å². The van der Waals surface area contributed by atoms with E-state index in [0.29, 0.717) is 38.9 Å². The second-order valence-corrected chi connectivity index (χ2v) is 19.4. The van der Waals surface area contributed by atoms with Crippen molar-refractivity contribution in [3.05, 3.63) is 108 Å². The molecule has 366 valence electrons. The van der Waals surface area contributed by atoms with E-state index in [1.165, 1.54) is 64.2 Å². The molecule has 0 bridgehead atoms. The largest absolute Gasteiger partial charge is 0.461 e. The van der Waals surface area contributed by atoms with Crippen molar-refractivity contribution < 1.29 is 38.1 Å². The summed E-state index contributed by atoms with van der Waals surface area (Å²) in [6, 6.07) is 29.3. The summed E-state index contributed by atoms with van der Waals surface area (Å²) in [7, 11) is 0. The van der Waals surface area contributed by atoms with Gasteiger partial charge in [-0.15, -0.1) is 0 Å². The first kappa shape index (κ1) is 55.9. The fraction of sp³-hybridized carbons (Fsp3) is 0.621. The molecule has 0 unspecified atom stereocenters. The van der Waals surface area contributed by atoms with Crippen molar-refractivity contribution in [3.63, 3.8) is 0 Å². The van der Waals surface area contributed by atoms with E-state index in [9.17, 15) is 19.2 Å². The maximum atomic E-state index is 14.1. The highest BCUT2D eigenvalue weighted by Crippen LogP contribution is 2.37. The lowest BCUT2D eigenvalue weighted by Crippen LogP contribution is -2.44. The smallest absolute Gasteiger partial charge is 0.324 e. The van der Waals surface area contributed by atoms with Gasteiger partial charge < -0.3 is 18.9 Å². The molecular weight excluding hydrogens is 825 g/mol. The van der Waals surface area contributed by atoms with Crippen molar-refractivity contribution in [1.29, 1.82) is 0 Å². The van der Waals surface area contributed by atoms with Gasteiger partial charge in [0.15, 0.2) is 5.41 Å². The Morgan fingerprint density at radius 3 is 0.924 bits per heavy atom. The van der Waals surface area contributed by atoms with Crippen molar-refractivity contribution in [2.24, 2.45) is 5.41 Å². The molecule has 0 heterocycles. The highest BCUT2D eigenvalue weighted by Gasteiger charge is 2.49. The third-order valence-corrected chi connectivity index (χ3v) is 12.3. The third-order valence-electron chi connectivity index (χ3n) is 12.3. The number of benzene rings is 3. The second kappa shape index (κ2) is 34.8. The summed E-state index contributed by atoms with van der Waals surface area (Å²) >= 11 is 0. The first-order valence-corrected chi connectivity index (χ1v) is 25.9. The number of hydrogen-bond acceptors (Lipinski definition) is 8. The molecule has 0 aliphatic heterocycles. The van der Waals surface area contributed by atoms with Gasteiger partial charge in [-0.1, -0.05) is 232 Å². The van der Waals surface area contributed by atoms with Crippen LogP contribution in [0.2, 0.25) is 0 Å². The molecule has 3 rings (SSSR count). The van der Waals surface area contributed by atoms with Gasteiger partial charge in [-0.05, 0) is 63.1 Å². The fourth-order valence-corrected chi connectivity index (χ4v) is 8.40. The molecule has 3 aromatic carbocycles. The number of hydrogen-bond donors (Lipinski definition) is 0. The van der Waals surface area contributed by atoms with E-state index in [0.717, 1.165) is 107 Å². The van der Waals surface area contributed by atoms with Gasteiger partial charge in [0.25, 0.3) is 0 Å². The Bertz CT molecular complexity index is 1620. The van der Waals surface area contributed by atoms with Crippen LogP contribution in [0.1, 0.15) is 217 Å². The SMILES string of the molecule is CC(C)(C)OC(=O)C(CCCCCCCCCCCCCCC(=O)OCc1ccccc1)(CCCCCCCCCCCCCCC(=O)OCc1ccccc1)C(=O)OCc1ccccc1. The summed E-state index contributed by atoms with van der Waals surface area (Å²) in [5.41, 5.74) is 0.914. The summed E-state index contributed by atoms with van der Waals surface area (Å²) in [5, 5.41) is 0. The van der Waals surface area contributed by atoms with E-state index >= 15 is 0 Å². The average Bonchev–Trinajstić information content (AvgIpc) is 3.31. The van der Waals surface area contributed by atoms with Crippen molar-refractivity contribution >= 4 is 23.9 Å². The van der Waals surface area contributed by atoms with E-state index in [-0.39, 0.29) is 18.5 Å². The van der Waals surface area contributed by atoms with Gasteiger partial charge in [0, 0.05) is 12.8 Å². The van der Waals surface area contributed by atoms with Crippen LogP contribution in [0.4, 0.5) is 0 Å². The fourth-order valence-electron chi connectivity index (χ4n) is 8.40. The highest BCUT2D eigenvalue weighted by atomic mass is 16.6. The Kier molecular flexibility index (Phi) is 29.4. The zero-order valence-electron chi connectivity index (χ0n) is 41.3. The van der Waals surface area contributed by atoms with Crippen LogP contribution in [0.3, 0.4) is 0 Å². The van der Waals surface area contributed by atoms with Gasteiger partial charge in [0.2, 0.25) is 0 Å². The van der Waals surface area contributed by atoms with Crippen molar-refractivity contribution in [3.8, 4) is 0 Å². The van der Waals surface area contributed by atoms with Gasteiger partial charge in [0.1, 0.15) is 25.4 Å². The minimum atomic E-state index is -1.31.